The van der Waals surface area contributed by atoms with Crippen LogP contribution in [-0.4, -0.2) is 80.9 Å². The van der Waals surface area contributed by atoms with Crippen LogP contribution in [0.1, 0.15) is 65.2 Å². The van der Waals surface area contributed by atoms with E-state index in [1.807, 2.05) is 11.9 Å². The average molecular weight is 526 g/mol. The zero-order valence-corrected chi connectivity index (χ0v) is 23.7. The maximum Gasteiger partial charge on any atom is 0.331 e. The van der Waals surface area contributed by atoms with Crippen molar-refractivity contribution in [3.05, 3.63) is 23.3 Å². The molecule has 1 N–H and O–H groups in total. The fraction of sp³-hybridized carbons (Fsp3) is 0.806. The van der Waals surface area contributed by atoms with E-state index in [2.05, 4.69) is 30.1 Å². The van der Waals surface area contributed by atoms with E-state index in [1.165, 1.54) is 37.7 Å². The van der Waals surface area contributed by atoms with Gasteiger partial charge in [0.2, 0.25) is 0 Å². The van der Waals surface area contributed by atoms with Crippen molar-refractivity contribution in [2.75, 3.05) is 53.0 Å². The van der Waals surface area contributed by atoms with E-state index in [-0.39, 0.29) is 17.4 Å². The Labute approximate surface area is 228 Å². The number of hydrogen-bond donors (Lipinski definition) is 1. The Balaban J connectivity index is 1.06. The number of amides is 2. The van der Waals surface area contributed by atoms with Crippen LogP contribution in [0.25, 0.3) is 0 Å². The van der Waals surface area contributed by atoms with Crippen LogP contribution < -0.4 is 5.32 Å². The lowest BCUT2D eigenvalue weighted by Gasteiger charge is -2.60. The van der Waals surface area contributed by atoms with Crippen molar-refractivity contribution in [2.45, 2.75) is 71.3 Å². The third-order valence-electron chi connectivity index (χ3n) is 11.8. The molecular weight excluding hydrogens is 478 g/mol. The quantitative estimate of drug-likeness (QED) is 0.426. The van der Waals surface area contributed by atoms with Crippen LogP contribution in [0.15, 0.2) is 23.3 Å². The first kappa shape index (κ1) is 26.4. The number of rotatable bonds is 5. The summed E-state index contributed by atoms with van der Waals surface area (Å²) in [7, 11) is 2.00. The number of esters is 1. The highest BCUT2D eigenvalue weighted by Crippen LogP contribution is 2.66. The monoisotopic (exact) mass is 525 g/mol. The molecular formula is C31H47N3O4. The molecule has 0 unspecified atom stereocenters. The maximum absolute atomic E-state index is 13.0. The third-order valence-corrected chi connectivity index (χ3v) is 11.8. The van der Waals surface area contributed by atoms with E-state index < -0.39 is 0 Å². The number of nitrogens with one attached hydrogen (secondary N) is 1. The highest BCUT2D eigenvalue weighted by atomic mass is 16.5. The molecule has 38 heavy (non-hydrogen) atoms. The fourth-order valence-electron chi connectivity index (χ4n) is 9.50. The third kappa shape index (κ3) is 4.51. The minimum atomic E-state index is -0.161. The second-order valence-electron chi connectivity index (χ2n) is 13.4. The maximum atomic E-state index is 13.0. The van der Waals surface area contributed by atoms with Crippen LogP contribution in [0.4, 0.5) is 4.79 Å². The van der Waals surface area contributed by atoms with Crippen LogP contribution in [0.5, 0.6) is 0 Å². The van der Waals surface area contributed by atoms with Gasteiger partial charge in [0.1, 0.15) is 6.61 Å². The number of allylic oxidation sites excluding steroid dienone is 2. The topological polar surface area (TPSA) is 71.1 Å². The Morgan fingerprint density at radius 2 is 1.97 bits per heavy atom. The Kier molecular flexibility index (Phi) is 7.13. The molecule has 2 aliphatic heterocycles. The largest absolute Gasteiger partial charge is 0.458 e. The van der Waals surface area contributed by atoms with Crippen LogP contribution in [0, 0.1) is 34.5 Å². The summed E-state index contributed by atoms with van der Waals surface area (Å²) in [6.07, 6.45) is 13.9. The number of fused-ring (bicyclic) bond motifs is 5. The van der Waals surface area contributed by atoms with Gasteiger partial charge < -0.3 is 19.7 Å². The van der Waals surface area contributed by atoms with Crippen molar-refractivity contribution < 1.29 is 19.1 Å². The molecule has 0 spiro atoms. The minimum Gasteiger partial charge on any atom is -0.458 e. The van der Waals surface area contributed by atoms with Crippen LogP contribution in [0.2, 0.25) is 0 Å². The number of hydrogen-bond acceptors (Lipinski definition) is 5. The molecule has 0 aromatic rings. The highest BCUT2D eigenvalue weighted by Gasteiger charge is 2.58. The van der Waals surface area contributed by atoms with Gasteiger partial charge in [-0.1, -0.05) is 25.5 Å². The summed E-state index contributed by atoms with van der Waals surface area (Å²) in [5.41, 5.74) is 3.45. The normalized spacial score (nSPS) is 40.8. The van der Waals surface area contributed by atoms with Crippen molar-refractivity contribution in [1.29, 1.82) is 0 Å². The molecule has 7 heteroatoms. The Morgan fingerprint density at radius 3 is 2.74 bits per heavy atom. The molecule has 6 rings (SSSR count). The molecule has 1 saturated heterocycles. The number of cyclic esters (lactones) is 1. The molecule has 4 fully saturated rings. The zero-order valence-electron chi connectivity index (χ0n) is 23.7. The van der Waals surface area contributed by atoms with Gasteiger partial charge in [-0.05, 0) is 91.4 Å². The van der Waals surface area contributed by atoms with E-state index in [0.29, 0.717) is 42.4 Å². The van der Waals surface area contributed by atoms with E-state index in [9.17, 15) is 9.59 Å². The summed E-state index contributed by atoms with van der Waals surface area (Å²) in [5.74, 6) is 2.38. The summed E-state index contributed by atoms with van der Waals surface area (Å²) in [5, 5.41) is 3.18. The summed E-state index contributed by atoms with van der Waals surface area (Å²) in [4.78, 5) is 29.2. The second kappa shape index (κ2) is 10.3. The Hall–Kier alpha value is -1.86. The molecule has 2 heterocycles. The van der Waals surface area contributed by atoms with Crippen LogP contribution in [-0.2, 0) is 14.3 Å². The average Bonchev–Trinajstić information content (AvgIpc) is 3.50. The van der Waals surface area contributed by atoms with Gasteiger partial charge in [-0.15, -0.1) is 0 Å². The smallest absolute Gasteiger partial charge is 0.331 e. The molecule has 0 aromatic carbocycles. The number of carbonyl (C=O) groups is 2. The zero-order chi connectivity index (χ0) is 26.5. The Bertz CT molecular complexity index is 1000. The van der Waals surface area contributed by atoms with Gasteiger partial charge in [-0.3, -0.25) is 4.90 Å². The van der Waals surface area contributed by atoms with Gasteiger partial charge in [0.15, 0.2) is 0 Å². The van der Waals surface area contributed by atoms with E-state index in [1.54, 1.807) is 11.6 Å². The van der Waals surface area contributed by atoms with Gasteiger partial charge in [-0.2, -0.15) is 0 Å². The van der Waals surface area contributed by atoms with Crippen molar-refractivity contribution in [2.24, 2.45) is 34.5 Å². The summed E-state index contributed by atoms with van der Waals surface area (Å²) >= 11 is 0. The van der Waals surface area contributed by atoms with Gasteiger partial charge in [0, 0.05) is 45.3 Å². The lowest BCUT2D eigenvalue weighted by atomic mass is 9.45. The first-order valence-electron chi connectivity index (χ1n) is 15.2. The van der Waals surface area contributed by atoms with Crippen LogP contribution in [0.3, 0.4) is 0 Å². The standard InChI is InChI=1S/C31H47N3O4/c1-30-10-8-23(33(3)29(36)32-12-13-34-14-16-37-17-15-34)19-22(30)4-5-24-26-7-6-25(21-18-28(35)38-20-21)31(26,2)11-9-27(24)30/h7,18,22-25,27H,4-6,8-17,19-20H2,1-3H3,(H,32,36)/t22-,23+,24+,25-,27+,30+,31-/m1/s1. The summed E-state index contributed by atoms with van der Waals surface area (Å²) in [6.45, 7) is 10.6. The van der Waals surface area contributed by atoms with Crippen molar-refractivity contribution in [3.8, 4) is 0 Å². The number of morpholine rings is 1. The molecule has 7 nitrogen and oxygen atoms in total. The minimum absolute atomic E-state index is 0.0832. The predicted molar refractivity (Wildman–Crippen MR) is 146 cm³/mol. The molecule has 0 bridgehead atoms. The lowest BCUT2D eigenvalue weighted by Crippen LogP contribution is -2.55. The van der Waals surface area contributed by atoms with Crippen molar-refractivity contribution >= 4 is 12.0 Å². The van der Waals surface area contributed by atoms with Crippen LogP contribution >= 0.6 is 0 Å². The van der Waals surface area contributed by atoms with E-state index >= 15 is 0 Å². The SMILES string of the molecule is CN(C(=O)NCCN1CCOCC1)[C@H]1CC[C@@]2(C)[C@H](CC[C@H]3C4=CC[C@H](C5=CC(=O)OC5)[C@@]4(C)CC[C@@H]32)C1. The van der Waals surface area contributed by atoms with E-state index in [0.717, 1.165) is 58.0 Å². The van der Waals surface area contributed by atoms with Gasteiger partial charge in [0.05, 0.1) is 13.2 Å². The number of nitrogens with zero attached hydrogens (tertiary/aromatic N) is 2. The van der Waals surface area contributed by atoms with E-state index in [4.69, 9.17) is 9.47 Å². The summed E-state index contributed by atoms with van der Waals surface area (Å²) < 4.78 is 10.7. The predicted octanol–water partition coefficient (Wildman–Crippen LogP) is 4.39. The van der Waals surface area contributed by atoms with Gasteiger partial charge in [0.25, 0.3) is 0 Å². The highest BCUT2D eigenvalue weighted by molar-refractivity contribution is 5.85. The van der Waals surface area contributed by atoms with Crippen molar-refractivity contribution in [1.82, 2.24) is 15.1 Å². The Morgan fingerprint density at radius 1 is 1.16 bits per heavy atom. The summed E-state index contributed by atoms with van der Waals surface area (Å²) in [6, 6.07) is 0.420. The molecule has 2 amide bonds. The molecule has 7 atom stereocenters. The molecule has 6 aliphatic rings. The molecule has 0 aromatic heterocycles. The molecule has 4 aliphatic carbocycles. The lowest BCUT2D eigenvalue weighted by molar-refractivity contribution is -0.135. The first-order valence-corrected chi connectivity index (χ1v) is 15.2. The first-order chi connectivity index (χ1) is 18.3. The fourth-order valence-corrected chi connectivity index (χ4v) is 9.50. The second-order valence-corrected chi connectivity index (χ2v) is 13.4. The number of urea groups is 1. The number of ether oxygens (including phenoxy) is 2. The van der Waals surface area contributed by atoms with Crippen molar-refractivity contribution in [3.63, 3.8) is 0 Å². The van der Waals surface area contributed by atoms with Gasteiger partial charge in [-0.25, -0.2) is 9.59 Å². The van der Waals surface area contributed by atoms with Gasteiger partial charge >= 0.3 is 12.0 Å². The molecule has 0 radical (unpaired) electrons. The number of carbonyl (C=O) groups excluding carboxylic acids is 2. The molecule has 3 saturated carbocycles. The molecule has 210 valence electrons.